The molecule has 1 atom stereocenters. The highest BCUT2D eigenvalue weighted by atomic mass is 16.5. The lowest BCUT2D eigenvalue weighted by atomic mass is 10.2. The van der Waals surface area contributed by atoms with E-state index in [-0.39, 0.29) is 18.6 Å². The molecule has 0 aliphatic rings. The molecule has 0 aliphatic heterocycles. The highest BCUT2D eigenvalue weighted by Crippen LogP contribution is 2.16. The Labute approximate surface area is 123 Å². The summed E-state index contributed by atoms with van der Waals surface area (Å²) < 4.78 is 7.21. The average Bonchev–Trinajstić information content (AvgIpc) is 2.95. The molecule has 6 heteroatoms. The fraction of sp³-hybridized carbons (Fsp3) is 0.333. The van der Waals surface area contributed by atoms with Crippen molar-refractivity contribution in [2.45, 2.75) is 26.5 Å². The Hall–Kier alpha value is -2.34. The third-order valence-corrected chi connectivity index (χ3v) is 2.90. The molecule has 21 heavy (non-hydrogen) atoms. The number of carbonyl (C=O) groups is 1. The van der Waals surface area contributed by atoms with Gasteiger partial charge in [-0.05, 0) is 32.0 Å². The van der Waals surface area contributed by atoms with Crippen LogP contribution in [-0.2, 0) is 6.54 Å². The molecule has 1 aromatic carbocycles. The summed E-state index contributed by atoms with van der Waals surface area (Å²) in [6.45, 7) is 4.40. The number of hydrogen-bond acceptors (Lipinski definition) is 4. The molecule has 0 fully saturated rings. The van der Waals surface area contributed by atoms with Crippen LogP contribution in [0.1, 0.15) is 24.2 Å². The van der Waals surface area contributed by atoms with Gasteiger partial charge in [-0.2, -0.15) is 5.10 Å². The molecule has 112 valence electrons. The van der Waals surface area contributed by atoms with Crippen molar-refractivity contribution >= 4 is 11.7 Å². The van der Waals surface area contributed by atoms with Gasteiger partial charge in [0.25, 0.3) is 5.91 Å². The van der Waals surface area contributed by atoms with E-state index in [4.69, 9.17) is 9.84 Å². The molecule has 6 nitrogen and oxygen atoms in total. The third kappa shape index (κ3) is 4.06. The van der Waals surface area contributed by atoms with Crippen LogP contribution in [-0.4, -0.2) is 33.5 Å². The van der Waals surface area contributed by atoms with Crippen LogP contribution < -0.4 is 10.1 Å². The van der Waals surface area contributed by atoms with Crippen molar-refractivity contribution in [1.82, 2.24) is 9.78 Å². The molecule has 2 aromatic rings. The number of ether oxygens (including phenoxy) is 1. The van der Waals surface area contributed by atoms with E-state index in [0.717, 1.165) is 6.54 Å². The Morgan fingerprint density at radius 2 is 2.29 bits per heavy atom. The van der Waals surface area contributed by atoms with Gasteiger partial charge < -0.3 is 15.2 Å². The van der Waals surface area contributed by atoms with Gasteiger partial charge in [-0.25, -0.2) is 0 Å². The molecule has 0 aliphatic carbocycles. The molecule has 0 unspecified atom stereocenters. The summed E-state index contributed by atoms with van der Waals surface area (Å²) in [7, 11) is 0. The first-order chi connectivity index (χ1) is 10.1. The van der Waals surface area contributed by atoms with Crippen LogP contribution >= 0.6 is 0 Å². The zero-order chi connectivity index (χ0) is 15.2. The number of aliphatic hydroxyl groups excluding tert-OH is 1. The van der Waals surface area contributed by atoms with E-state index in [9.17, 15) is 4.79 Å². The van der Waals surface area contributed by atoms with E-state index in [1.54, 1.807) is 48.1 Å². The Morgan fingerprint density at radius 3 is 2.95 bits per heavy atom. The number of benzene rings is 1. The summed E-state index contributed by atoms with van der Waals surface area (Å²) >= 11 is 0. The van der Waals surface area contributed by atoms with Gasteiger partial charge in [0.05, 0.1) is 6.61 Å². The Balaban J connectivity index is 2.06. The lowest BCUT2D eigenvalue weighted by molar-refractivity contribution is 0.102. The number of aryl methyl sites for hydroxylation is 1. The molecule has 0 saturated heterocycles. The summed E-state index contributed by atoms with van der Waals surface area (Å²) in [5.41, 5.74) is 0.476. The smallest absolute Gasteiger partial charge is 0.256 e. The first-order valence-electron chi connectivity index (χ1n) is 6.84. The van der Waals surface area contributed by atoms with Gasteiger partial charge in [-0.1, -0.05) is 6.07 Å². The zero-order valence-corrected chi connectivity index (χ0v) is 12.1. The number of carbonyl (C=O) groups excluding carboxylic acids is 1. The summed E-state index contributed by atoms with van der Waals surface area (Å²) in [6.07, 6.45) is 1.49. The molecule has 0 radical (unpaired) electrons. The highest BCUT2D eigenvalue weighted by molar-refractivity contribution is 6.03. The number of amides is 1. The molecule has 1 aromatic heterocycles. The van der Waals surface area contributed by atoms with E-state index in [2.05, 4.69) is 10.4 Å². The minimum atomic E-state index is -0.316. The maximum Gasteiger partial charge on any atom is 0.256 e. The minimum Gasteiger partial charge on any atom is -0.488 e. The van der Waals surface area contributed by atoms with Crippen LogP contribution in [0.2, 0.25) is 0 Å². The van der Waals surface area contributed by atoms with Crippen LogP contribution in [0.5, 0.6) is 5.75 Å². The lowest BCUT2D eigenvalue weighted by Crippen LogP contribution is -2.17. The van der Waals surface area contributed by atoms with Crippen molar-refractivity contribution in [1.29, 1.82) is 0 Å². The number of aliphatic hydroxyl groups is 1. The fourth-order valence-corrected chi connectivity index (χ4v) is 1.77. The van der Waals surface area contributed by atoms with Gasteiger partial charge in [0.15, 0.2) is 5.82 Å². The van der Waals surface area contributed by atoms with Gasteiger partial charge >= 0.3 is 0 Å². The molecular weight excluding hydrogens is 270 g/mol. The van der Waals surface area contributed by atoms with Crippen LogP contribution in [0.4, 0.5) is 5.82 Å². The monoisotopic (exact) mass is 289 g/mol. The van der Waals surface area contributed by atoms with E-state index in [1.165, 1.54) is 0 Å². The molecule has 1 heterocycles. The van der Waals surface area contributed by atoms with Crippen LogP contribution in [0.3, 0.4) is 0 Å². The predicted octanol–water partition coefficient (Wildman–Crippen LogP) is 1.91. The van der Waals surface area contributed by atoms with E-state index < -0.39 is 0 Å². The Kier molecular flexibility index (Phi) is 4.94. The topological polar surface area (TPSA) is 76.4 Å². The van der Waals surface area contributed by atoms with E-state index >= 15 is 0 Å². The molecule has 1 amide bonds. The normalized spacial score (nSPS) is 12.0. The van der Waals surface area contributed by atoms with E-state index in [1.807, 2.05) is 6.92 Å². The van der Waals surface area contributed by atoms with Crippen LogP contribution in [0.25, 0.3) is 0 Å². The van der Waals surface area contributed by atoms with Crippen LogP contribution in [0, 0.1) is 0 Å². The van der Waals surface area contributed by atoms with Gasteiger partial charge in [0.1, 0.15) is 11.9 Å². The van der Waals surface area contributed by atoms with E-state index in [0.29, 0.717) is 17.1 Å². The second-order valence-corrected chi connectivity index (χ2v) is 4.65. The maximum absolute atomic E-state index is 12.2. The van der Waals surface area contributed by atoms with Gasteiger partial charge in [0.2, 0.25) is 0 Å². The second-order valence-electron chi connectivity index (χ2n) is 4.65. The van der Waals surface area contributed by atoms with Crippen molar-refractivity contribution in [3.63, 3.8) is 0 Å². The number of nitrogens with one attached hydrogen (secondary N) is 1. The van der Waals surface area contributed by atoms with Gasteiger partial charge in [-0.15, -0.1) is 0 Å². The SMILES string of the molecule is CCn1ccc(NC(=O)c2cccc(O[C@@H](C)CO)c2)n1. The Morgan fingerprint density at radius 1 is 1.48 bits per heavy atom. The number of rotatable bonds is 6. The predicted molar refractivity (Wildman–Crippen MR) is 79.5 cm³/mol. The molecule has 0 saturated carbocycles. The maximum atomic E-state index is 12.2. The number of nitrogens with zero attached hydrogens (tertiary/aromatic N) is 2. The van der Waals surface area contributed by atoms with Crippen molar-refractivity contribution < 1.29 is 14.6 Å². The summed E-state index contributed by atoms with van der Waals surface area (Å²) in [4.78, 5) is 12.2. The largest absolute Gasteiger partial charge is 0.488 e. The quantitative estimate of drug-likeness (QED) is 0.851. The lowest BCUT2D eigenvalue weighted by Gasteiger charge is -2.12. The highest BCUT2D eigenvalue weighted by Gasteiger charge is 2.10. The molecule has 0 spiro atoms. The number of aromatic nitrogens is 2. The van der Waals surface area contributed by atoms with Crippen molar-refractivity contribution in [2.75, 3.05) is 11.9 Å². The summed E-state index contributed by atoms with van der Waals surface area (Å²) in [5, 5.41) is 15.9. The standard InChI is InChI=1S/C15H19N3O3/c1-3-18-8-7-14(17-18)16-15(20)12-5-4-6-13(9-12)21-11(2)10-19/h4-9,11,19H,3,10H2,1-2H3,(H,16,17,20)/t11-/m0/s1. The van der Waals surface area contributed by atoms with Crippen LogP contribution in [0.15, 0.2) is 36.5 Å². The Bertz CT molecular complexity index is 610. The third-order valence-electron chi connectivity index (χ3n) is 2.90. The molecular formula is C15H19N3O3. The van der Waals surface area contributed by atoms with Crippen molar-refractivity contribution in [2.24, 2.45) is 0 Å². The molecule has 2 N–H and O–H groups in total. The number of hydrogen-bond donors (Lipinski definition) is 2. The zero-order valence-electron chi connectivity index (χ0n) is 12.1. The number of anilines is 1. The van der Waals surface area contributed by atoms with Gasteiger partial charge in [0, 0.05) is 24.4 Å². The average molecular weight is 289 g/mol. The summed E-state index contributed by atoms with van der Waals surface area (Å²) in [6, 6.07) is 8.56. The molecule has 2 rings (SSSR count). The van der Waals surface area contributed by atoms with Crippen molar-refractivity contribution in [3.05, 3.63) is 42.1 Å². The summed E-state index contributed by atoms with van der Waals surface area (Å²) in [5.74, 6) is 0.804. The molecule has 0 bridgehead atoms. The first kappa shape index (κ1) is 15.1. The van der Waals surface area contributed by atoms with Crippen molar-refractivity contribution in [3.8, 4) is 5.75 Å². The second kappa shape index (κ2) is 6.90. The fourth-order valence-electron chi connectivity index (χ4n) is 1.77. The van der Waals surface area contributed by atoms with Gasteiger partial charge in [-0.3, -0.25) is 9.48 Å². The first-order valence-corrected chi connectivity index (χ1v) is 6.84. The minimum absolute atomic E-state index is 0.0785.